The summed E-state index contributed by atoms with van der Waals surface area (Å²) in [5.74, 6) is -0.129. The molecule has 0 heterocycles. The Balaban J connectivity index is 1.90. The topological polar surface area (TPSA) is 64.9 Å². The number of carbonyl (C=O) groups is 1. The van der Waals surface area contributed by atoms with Crippen LogP contribution in [-0.4, -0.2) is 12.5 Å². The number of nitriles is 1. The molecule has 0 radical (unpaired) electrons. The molecule has 4 nitrogen and oxygen atoms in total. The maximum Gasteiger partial charge on any atom is 0.238 e. The van der Waals surface area contributed by atoms with Crippen molar-refractivity contribution in [1.82, 2.24) is 5.32 Å². The lowest BCUT2D eigenvalue weighted by Gasteiger charge is -2.17. The van der Waals surface area contributed by atoms with Gasteiger partial charge in [-0.15, -0.1) is 0 Å². The molecule has 118 valence electrons. The maximum atomic E-state index is 12.0. The van der Waals surface area contributed by atoms with E-state index >= 15 is 0 Å². The number of benzene rings is 2. The molecule has 0 aliphatic rings. The van der Waals surface area contributed by atoms with E-state index in [1.54, 1.807) is 24.3 Å². The molecule has 5 heteroatoms. The highest BCUT2D eigenvalue weighted by Gasteiger charge is 2.11. The number of halogens is 1. The summed E-state index contributed by atoms with van der Waals surface area (Å²) in [6.45, 7) is 2.25. The minimum Gasteiger partial charge on any atom is -0.325 e. The fourth-order valence-corrected chi connectivity index (χ4v) is 2.47. The lowest BCUT2D eigenvalue weighted by atomic mass is 10.0. The molecule has 1 amide bonds. The Morgan fingerprint density at radius 2 is 2.00 bits per heavy atom. The number of anilines is 1. The van der Waals surface area contributed by atoms with E-state index in [4.69, 9.17) is 16.9 Å². The number of nitrogens with one attached hydrogen (secondary N) is 2. The molecule has 0 saturated heterocycles. The Morgan fingerprint density at radius 1 is 1.26 bits per heavy atom. The number of nitrogens with zero attached hydrogens (tertiary/aromatic N) is 1. The van der Waals surface area contributed by atoms with Gasteiger partial charge in [-0.05, 0) is 48.4 Å². The van der Waals surface area contributed by atoms with Gasteiger partial charge in [0.05, 0.1) is 18.2 Å². The van der Waals surface area contributed by atoms with E-state index in [0.717, 1.165) is 12.0 Å². The smallest absolute Gasteiger partial charge is 0.238 e. The van der Waals surface area contributed by atoms with Crippen molar-refractivity contribution in [1.29, 1.82) is 5.26 Å². The molecule has 2 aromatic carbocycles. The molecule has 2 rings (SSSR count). The highest BCUT2D eigenvalue weighted by atomic mass is 35.5. The normalized spacial score (nSPS) is 11.5. The summed E-state index contributed by atoms with van der Waals surface area (Å²) in [6, 6.07) is 16.5. The standard InChI is InChI=1S/C18H18ClN3O/c1-2-17(14-4-3-5-15(19)10-14)21-12-18(23)22-16-8-6-13(11-20)7-9-16/h3-10,17,21H,2,12H2,1H3,(H,22,23). The number of hydrogen-bond acceptors (Lipinski definition) is 3. The average Bonchev–Trinajstić information content (AvgIpc) is 2.56. The number of carbonyl (C=O) groups excluding carboxylic acids is 1. The van der Waals surface area contributed by atoms with Gasteiger partial charge in [0, 0.05) is 16.8 Å². The number of hydrogen-bond donors (Lipinski definition) is 2. The van der Waals surface area contributed by atoms with Crippen LogP contribution in [0.5, 0.6) is 0 Å². The number of amides is 1. The lowest BCUT2D eigenvalue weighted by molar-refractivity contribution is -0.115. The van der Waals surface area contributed by atoms with E-state index in [9.17, 15) is 4.79 Å². The van der Waals surface area contributed by atoms with Crippen LogP contribution in [0.4, 0.5) is 5.69 Å². The summed E-state index contributed by atoms with van der Waals surface area (Å²) in [4.78, 5) is 12.0. The molecule has 2 N–H and O–H groups in total. The van der Waals surface area contributed by atoms with E-state index in [0.29, 0.717) is 16.3 Å². The molecule has 1 atom stereocenters. The van der Waals surface area contributed by atoms with Crippen LogP contribution in [0, 0.1) is 11.3 Å². The van der Waals surface area contributed by atoms with E-state index in [-0.39, 0.29) is 18.5 Å². The highest BCUT2D eigenvalue weighted by molar-refractivity contribution is 6.30. The van der Waals surface area contributed by atoms with Crippen molar-refractivity contribution in [3.8, 4) is 6.07 Å². The molecule has 0 spiro atoms. The Kier molecular flexibility index (Phi) is 6.16. The van der Waals surface area contributed by atoms with Crippen molar-refractivity contribution in [2.24, 2.45) is 0 Å². The van der Waals surface area contributed by atoms with Gasteiger partial charge in [0.1, 0.15) is 0 Å². The summed E-state index contributed by atoms with van der Waals surface area (Å²) in [5, 5.41) is 15.5. The molecule has 0 aliphatic heterocycles. The van der Waals surface area contributed by atoms with Gasteiger partial charge >= 0.3 is 0 Å². The van der Waals surface area contributed by atoms with E-state index in [1.165, 1.54) is 0 Å². The molecule has 0 aliphatic carbocycles. The fourth-order valence-electron chi connectivity index (χ4n) is 2.27. The molecule has 0 fully saturated rings. The Labute approximate surface area is 141 Å². The largest absolute Gasteiger partial charge is 0.325 e. The van der Waals surface area contributed by atoms with Gasteiger partial charge in [0.2, 0.25) is 5.91 Å². The minimum absolute atomic E-state index is 0.0698. The zero-order valence-electron chi connectivity index (χ0n) is 12.8. The molecular formula is C18H18ClN3O. The van der Waals surface area contributed by atoms with Crippen LogP contribution >= 0.6 is 11.6 Å². The fraction of sp³-hybridized carbons (Fsp3) is 0.222. The molecule has 2 aromatic rings. The second kappa shape index (κ2) is 8.33. The summed E-state index contributed by atoms with van der Waals surface area (Å²) >= 11 is 6.01. The predicted molar refractivity (Wildman–Crippen MR) is 92.3 cm³/mol. The Morgan fingerprint density at radius 3 is 2.61 bits per heavy atom. The molecular weight excluding hydrogens is 310 g/mol. The summed E-state index contributed by atoms with van der Waals surface area (Å²) in [7, 11) is 0. The predicted octanol–water partition coefficient (Wildman–Crippen LogP) is 3.89. The van der Waals surface area contributed by atoms with Gasteiger partial charge in [-0.2, -0.15) is 5.26 Å². The Hall–Kier alpha value is -2.35. The zero-order chi connectivity index (χ0) is 16.7. The van der Waals surface area contributed by atoms with E-state index < -0.39 is 0 Å². The zero-order valence-corrected chi connectivity index (χ0v) is 13.6. The van der Waals surface area contributed by atoms with Crippen LogP contribution in [0.3, 0.4) is 0 Å². The summed E-state index contributed by atoms with van der Waals surface area (Å²) in [5.41, 5.74) is 2.30. The highest BCUT2D eigenvalue weighted by Crippen LogP contribution is 2.20. The monoisotopic (exact) mass is 327 g/mol. The van der Waals surface area contributed by atoms with Crippen LogP contribution in [0.1, 0.15) is 30.5 Å². The van der Waals surface area contributed by atoms with Crippen molar-refractivity contribution in [3.63, 3.8) is 0 Å². The quantitative estimate of drug-likeness (QED) is 0.846. The van der Waals surface area contributed by atoms with Gasteiger partial charge in [0.25, 0.3) is 0 Å². The van der Waals surface area contributed by atoms with Gasteiger partial charge in [-0.1, -0.05) is 30.7 Å². The second-order valence-electron chi connectivity index (χ2n) is 5.13. The third-order valence-corrected chi connectivity index (χ3v) is 3.70. The van der Waals surface area contributed by atoms with Crippen molar-refractivity contribution in [2.75, 3.05) is 11.9 Å². The van der Waals surface area contributed by atoms with Gasteiger partial charge in [-0.25, -0.2) is 0 Å². The summed E-state index contributed by atoms with van der Waals surface area (Å²) in [6.07, 6.45) is 0.852. The van der Waals surface area contributed by atoms with E-state index in [2.05, 4.69) is 17.6 Å². The van der Waals surface area contributed by atoms with E-state index in [1.807, 2.05) is 30.3 Å². The van der Waals surface area contributed by atoms with Crippen LogP contribution in [0.25, 0.3) is 0 Å². The third-order valence-electron chi connectivity index (χ3n) is 3.47. The van der Waals surface area contributed by atoms with Gasteiger partial charge in [0.15, 0.2) is 0 Å². The molecule has 0 bridgehead atoms. The molecule has 0 aromatic heterocycles. The van der Waals surface area contributed by atoms with Crippen molar-refractivity contribution in [3.05, 3.63) is 64.7 Å². The first-order valence-corrected chi connectivity index (χ1v) is 7.79. The molecule has 23 heavy (non-hydrogen) atoms. The van der Waals surface area contributed by atoms with Gasteiger partial charge < -0.3 is 10.6 Å². The van der Waals surface area contributed by atoms with Crippen LogP contribution in [0.2, 0.25) is 5.02 Å². The first-order valence-electron chi connectivity index (χ1n) is 7.41. The third kappa shape index (κ3) is 5.10. The minimum atomic E-state index is -0.129. The van der Waals surface area contributed by atoms with Gasteiger partial charge in [-0.3, -0.25) is 4.79 Å². The van der Waals surface area contributed by atoms with Crippen molar-refractivity contribution < 1.29 is 4.79 Å². The SMILES string of the molecule is CCC(NCC(=O)Nc1ccc(C#N)cc1)c1cccc(Cl)c1. The van der Waals surface area contributed by atoms with Crippen LogP contribution < -0.4 is 10.6 Å². The van der Waals surface area contributed by atoms with Crippen molar-refractivity contribution >= 4 is 23.2 Å². The van der Waals surface area contributed by atoms with Crippen molar-refractivity contribution in [2.45, 2.75) is 19.4 Å². The maximum absolute atomic E-state index is 12.0. The second-order valence-corrected chi connectivity index (χ2v) is 5.57. The summed E-state index contributed by atoms with van der Waals surface area (Å²) < 4.78 is 0. The first kappa shape index (κ1) is 17.0. The molecule has 0 saturated carbocycles. The Bertz CT molecular complexity index is 707. The average molecular weight is 328 g/mol. The number of rotatable bonds is 6. The molecule has 1 unspecified atom stereocenters. The van der Waals surface area contributed by atoms with Crippen LogP contribution in [0.15, 0.2) is 48.5 Å². The first-order chi connectivity index (χ1) is 11.1. The van der Waals surface area contributed by atoms with Crippen LogP contribution in [-0.2, 0) is 4.79 Å². The lowest BCUT2D eigenvalue weighted by Crippen LogP contribution is -2.31.